The van der Waals surface area contributed by atoms with Gasteiger partial charge in [-0.3, -0.25) is 4.79 Å². The maximum atomic E-state index is 13.3. The largest absolute Gasteiger partial charge is 0.356 e. The Morgan fingerprint density at radius 2 is 1.76 bits per heavy atom. The van der Waals surface area contributed by atoms with Gasteiger partial charge in [0.1, 0.15) is 5.82 Å². The zero-order chi connectivity index (χ0) is 25.4. The number of carbonyl (C=O) groups excluding carboxylic acids is 1. The second kappa shape index (κ2) is 10.1. The lowest BCUT2D eigenvalue weighted by molar-refractivity contribution is -0.126. The maximum absolute atomic E-state index is 13.3. The van der Waals surface area contributed by atoms with Crippen molar-refractivity contribution in [2.24, 2.45) is 5.92 Å². The summed E-state index contributed by atoms with van der Waals surface area (Å²) in [6.07, 6.45) is 6.82. The number of sulfonamides is 1. The lowest BCUT2D eigenvalue weighted by Crippen LogP contribution is -2.44. The van der Waals surface area contributed by atoms with Crippen LogP contribution in [0.1, 0.15) is 55.7 Å². The fourth-order valence-electron chi connectivity index (χ4n) is 6.10. The van der Waals surface area contributed by atoms with E-state index in [4.69, 9.17) is 4.98 Å². The summed E-state index contributed by atoms with van der Waals surface area (Å²) >= 11 is 0. The van der Waals surface area contributed by atoms with Crippen molar-refractivity contribution in [3.8, 4) is 0 Å². The monoisotopic (exact) mass is 518 g/mol. The van der Waals surface area contributed by atoms with E-state index >= 15 is 0 Å². The number of fused-ring (bicyclic) bond motifs is 2. The predicted molar refractivity (Wildman–Crippen MR) is 145 cm³/mol. The molecule has 1 aromatic heterocycles. The predicted octanol–water partition coefficient (Wildman–Crippen LogP) is 4.43. The Hall–Kier alpha value is -2.97. The molecule has 2 aliphatic heterocycles. The average molecular weight is 519 g/mol. The van der Waals surface area contributed by atoms with Gasteiger partial charge in [0, 0.05) is 31.6 Å². The number of anilines is 1. The molecule has 8 heteroatoms. The molecule has 2 saturated heterocycles. The highest BCUT2D eigenvalue weighted by Gasteiger charge is 2.30. The first-order valence-electron chi connectivity index (χ1n) is 13.5. The third-order valence-corrected chi connectivity index (χ3v) is 10.0. The van der Waals surface area contributed by atoms with Crippen molar-refractivity contribution in [3.05, 3.63) is 65.7 Å². The van der Waals surface area contributed by atoms with Gasteiger partial charge in [0.25, 0.3) is 0 Å². The summed E-state index contributed by atoms with van der Waals surface area (Å²) in [5.74, 6) is 0.889. The van der Waals surface area contributed by atoms with Gasteiger partial charge in [0.15, 0.2) is 0 Å². The molecule has 1 aliphatic carbocycles. The average Bonchev–Trinajstić information content (AvgIpc) is 3.49. The van der Waals surface area contributed by atoms with Gasteiger partial charge in [0.05, 0.1) is 22.4 Å². The summed E-state index contributed by atoms with van der Waals surface area (Å²) < 4.78 is 27.5. The Bertz CT molecular complexity index is 1420. The zero-order valence-corrected chi connectivity index (χ0v) is 21.9. The summed E-state index contributed by atoms with van der Waals surface area (Å²) in [5, 5.41) is 4.15. The zero-order valence-electron chi connectivity index (χ0n) is 21.1. The number of benzene rings is 2. The minimum Gasteiger partial charge on any atom is -0.356 e. The van der Waals surface area contributed by atoms with Gasteiger partial charge >= 0.3 is 0 Å². The molecule has 0 saturated carbocycles. The standard InChI is InChI=1S/C29H34N4O3S/c34-29(31-27-11-5-8-21-7-1-2-10-25(21)27)23-9-6-16-32(20-23)28-15-12-22-19-24(13-14-26(22)30-28)37(35,36)33-17-3-4-18-33/h1-2,7,10,12-15,19,23,27H,3-6,8-9,11,16-18,20H2,(H,31,34)/t23-,27-/m1/s1. The van der Waals surface area contributed by atoms with Gasteiger partial charge in [-0.25, -0.2) is 13.4 Å². The number of piperidine rings is 1. The third-order valence-electron chi connectivity index (χ3n) is 8.15. The van der Waals surface area contributed by atoms with Crippen LogP contribution in [0.2, 0.25) is 0 Å². The van der Waals surface area contributed by atoms with Crippen molar-refractivity contribution >= 4 is 32.7 Å². The highest BCUT2D eigenvalue weighted by atomic mass is 32.2. The van der Waals surface area contributed by atoms with Crippen LogP contribution >= 0.6 is 0 Å². The first kappa shape index (κ1) is 24.4. The van der Waals surface area contributed by atoms with Crippen LogP contribution in [0.5, 0.6) is 0 Å². The van der Waals surface area contributed by atoms with E-state index in [2.05, 4.69) is 34.5 Å². The Labute approximate surface area is 218 Å². The van der Waals surface area contributed by atoms with Crippen molar-refractivity contribution in [3.63, 3.8) is 0 Å². The number of hydrogen-bond acceptors (Lipinski definition) is 5. The molecule has 0 unspecified atom stereocenters. The quantitative estimate of drug-likeness (QED) is 0.540. The SMILES string of the molecule is O=C(N[C@@H]1CCCc2ccccc21)[C@@H]1CCCN(c2ccc3cc(S(=O)(=O)N4CCCC4)ccc3n2)C1. The van der Waals surface area contributed by atoms with Gasteiger partial charge in [-0.2, -0.15) is 4.31 Å². The molecule has 3 aliphatic rings. The molecular weight excluding hydrogens is 484 g/mol. The van der Waals surface area contributed by atoms with E-state index in [1.54, 1.807) is 22.5 Å². The molecule has 2 aromatic carbocycles. The number of aromatic nitrogens is 1. The fraction of sp³-hybridized carbons (Fsp3) is 0.448. The first-order valence-corrected chi connectivity index (χ1v) is 15.0. The van der Waals surface area contributed by atoms with E-state index in [1.165, 1.54) is 11.1 Å². The van der Waals surface area contributed by atoms with Gasteiger partial charge in [-0.15, -0.1) is 0 Å². The van der Waals surface area contributed by atoms with Crippen molar-refractivity contribution in [2.45, 2.75) is 55.9 Å². The van der Waals surface area contributed by atoms with Crippen LogP contribution in [0.25, 0.3) is 10.9 Å². The van der Waals surface area contributed by atoms with E-state index in [-0.39, 0.29) is 17.9 Å². The molecule has 1 N–H and O–H groups in total. The van der Waals surface area contributed by atoms with Crippen LogP contribution < -0.4 is 10.2 Å². The van der Waals surface area contributed by atoms with Crippen LogP contribution in [0, 0.1) is 5.92 Å². The molecule has 2 fully saturated rings. The number of pyridine rings is 1. The molecule has 3 aromatic rings. The minimum atomic E-state index is -3.46. The smallest absolute Gasteiger partial charge is 0.243 e. The van der Waals surface area contributed by atoms with E-state index in [0.717, 1.165) is 68.2 Å². The van der Waals surface area contributed by atoms with Gasteiger partial charge in [0.2, 0.25) is 15.9 Å². The summed E-state index contributed by atoms with van der Waals surface area (Å²) in [5.41, 5.74) is 3.38. The van der Waals surface area contributed by atoms with Gasteiger partial charge < -0.3 is 10.2 Å². The van der Waals surface area contributed by atoms with Gasteiger partial charge in [-0.1, -0.05) is 24.3 Å². The van der Waals surface area contributed by atoms with Crippen molar-refractivity contribution in [1.29, 1.82) is 0 Å². The molecule has 194 valence electrons. The molecule has 0 spiro atoms. The number of nitrogens with one attached hydrogen (secondary N) is 1. The fourth-order valence-corrected chi connectivity index (χ4v) is 7.65. The van der Waals surface area contributed by atoms with Crippen LogP contribution in [0.4, 0.5) is 5.82 Å². The second-order valence-corrected chi connectivity index (χ2v) is 12.5. The molecule has 0 radical (unpaired) electrons. The number of rotatable bonds is 5. The summed E-state index contributed by atoms with van der Waals surface area (Å²) in [7, 11) is -3.46. The third kappa shape index (κ3) is 4.84. The summed E-state index contributed by atoms with van der Waals surface area (Å²) in [6, 6.07) is 17.6. The molecule has 6 rings (SSSR count). The Morgan fingerprint density at radius 1 is 0.919 bits per heavy atom. The molecule has 1 amide bonds. The molecular formula is C29H34N4O3S. The summed E-state index contributed by atoms with van der Waals surface area (Å²) in [4.78, 5) is 20.7. The van der Waals surface area contributed by atoms with Crippen molar-refractivity contribution in [2.75, 3.05) is 31.1 Å². The van der Waals surface area contributed by atoms with Crippen LogP contribution in [0.3, 0.4) is 0 Å². The van der Waals surface area contributed by atoms with Crippen LogP contribution in [-0.2, 0) is 21.2 Å². The Kier molecular flexibility index (Phi) is 6.63. The van der Waals surface area contributed by atoms with Crippen molar-refractivity contribution < 1.29 is 13.2 Å². The lowest BCUT2D eigenvalue weighted by Gasteiger charge is -2.34. The molecule has 3 heterocycles. The van der Waals surface area contributed by atoms with E-state index in [1.807, 2.05) is 12.1 Å². The number of hydrogen-bond donors (Lipinski definition) is 1. The Balaban J connectivity index is 1.16. The number of carbonyl (C=O) groups is 1. The minimum absolute atomic E-state index is 0.0756. The number of nitrogens with zero attached hydrogens (tertiary/aromatic N) is 3. The second-order valence-electron chi connectivity index (χ2n) is 10.6. The molecule has 37 heavy (non-hydrogen) atoms. The Morgan fingerprint density at radius 3 is 2.62 bits per heavy atom. The first-order chi connectivity index (χ1) is 18.0. The lowest BCUT2D eigenvalue weighted by atomic mass is 9.87. The van der Waals surface area contributed by atoms with E-state index < -0.39 is 10.0 Å². The normalized spacial score (nSPS) is 22.6. The highest BCUT2D eigenvalue weighted by Crippen LogP contribution is 2.31. The number of amides is 1. The van der Waals surface area contributed by atoms with Crippen LogP contribution in [0.15, 0.2) is 59.5 Å². The molecule has 2 atom stereocenters. The topological polar surface area (TPSA) is 82.6 Å². The van der Waals surface area contributed by atoms with Crippen LogP contribution in [-0.4, -0.2) is 49.8 Å². The van der Waals surface area contributed by atoms with Crippen molar-refractivity contribution in [1.82, 2.24) is 14.6 Å². The van der Waals surface area contributed by atoms with E-state index in [0.29, 0.717) is 24.5 Å². The summed E-state index contributed by atoms with van der Waals surface area (Å²) in [6.45, 7) is 2.68. The maximum Gasteiger partial charge on any atom is 0.243 e. The van der Waals surface area contributed by atoms with Gasteiger partial charge in [-0.05, 0) is 86.4 Å². The van der Waals surface area contributed by atoms with E-state index in [9.17, 15) is 13.2 Å². The molecule has 7 nitrogen and oxygen atoms in total. The highest BCUT2D eigenvalue weighted by molar-refractivity contribution is 7.89. The number of aryl methyl sites for hydroxylation is 1. The molecule has 0 bridgehead atoms.